The van der Waals surface area contributed by atoms with Crippen LogP contribution in [-0.2, 0) is 9.47 Å². The van der Waals surface area contributed by atoms with Crippen LogP contribution >= 0.6 is 15.9 Å². The zero-order chi connectivity index (χ0) is 21.0. The Bertz CT molecular complexity index is 803. The highest BCUT2D eigenvalue weighted by atomic mass is 79.9. The lowest BCUT2D eigenvalue weighted by Gasteiger charge is -2.36. The molecule has 0 unspecified atom stereocenters. The number of phenolic OH excluding ortho intramolecular Hbond substituents is 1. The van der Waals surface area contributed by atoms with Crippen molar-refractivity contribution in [3.8, 4) is 17.2 Å². The molecule has 0 aliphatic carbocycles. The topological polar surface area (TPSA) is 97.7 Å². The molecule has 0 radical (unpaired) electrons. The molecule has 1 aromatic rings. The summed E-state index contributed by atoms with van der Waals surface area (Å²) in [5.74, 6) is 0.705. The highest BCUT2D eigenvalue weighted by Gasteiger charge is 2.50. The van der Waals surface area contributed by atoms with Crippen LogP contribution in [-0.4, -0.2) is 52.0 Å². The lowest BCUT2D eigenvalue weighted by Crippen LogP contribution is -2.51. The molecule has 1 aromatic carbocycles. The van der Waals surface area contributed by atoms with E-state index >= 15 is 0 Å². The summed E-state index contributed by atoms with van der Waals surface area (Å²) in [5.41, 5.74) is -1.03. The van der Waals surface area contributed by atoms with Crippen LogP contribution in [0.5, 0.6) is 17.2 Å². The van der Waals surface area contributed by atoms with Gasteiger partial charge in [0.2, 0.25) is 6.79 Å². The van der Waals surface area contributed by atoms with Crippen LogP contribution in [0.1, 0.15) is 51.8 Å². The van der Waals surface area contributed by atoms with E-state index in [4.69, 9.17) is 18.9 Å². The lowest BCUT2D eigenvalue weighted by molar-refractivity contribution is -0.0680. The predicted octanol–water partition coefficient (Wildman–Crippen LogP) is 3.60. The summed E-state index contributed by atoms with van der Waals surface area (Å²) in [5, 5.41) is 21.9. The minimum Gasteiger partial charge on any atom is -0.507 e. The first-order valence-electron chi connectivity index (χ1n) is 9.00. The van der Waals surface area contributed by atoms with Crippen LogP contribution in [0.25, 0.3) is 0 Å². The third-order valence-electron chi connectivity index (χ3n) is 4.77. The van der Waals surface area contributed by atoms with E-state index in [0.29, 0.717) is 21.5 Å². The summed E-state index contributed by atoms with van der Waals surface area (Å²) in [4.78, 5) is 14.2. The van der Waals surface area contributed by atoms with E-state index in [9.17, 15) is 15.0 Å². The molecule has 1 fully saturated rings. The van der Waals surface area contributed by atoms with Crippen LogP contribution in [0.3, 0.4) is 0 Å². The average molecular weight is 460 g/mol. The molecule has 28 heavy (non-hydrogen) atoms. The molecule has 2 N–H and O–H groups in total. The Kier molecular flexibility index (Phi) is 5.23. The molecule has 0 bridgehead atoms. The van der Waals surface area contributed by atoms with Gasteiger partial charge >= 0.3 is 6.09 Å². The number of carbonyl (C=O) groups is 1. The van der Waals surface area contributed by atoms with Crippen molar-refractivity contribution in [1.29, 1.82) is 0 Å². The third kappa shape index (κ3) is 3.51. The standard InChI is InChI=1S/C19H26BrNO7/c1-9-13(22)11(12(20)16-15(9)25-8-26-16)14(23)10-7-27-19(5,6)21(10)17(24)28-18(2,3)4/h10,14,22-23H,7-8H2,1-6H3/t10-,14-/m1/s1. The van der Waals surface area contributed by atoms with E-state index < -0.39 is 29.6 Å². The van der Waals surface area contributed by atoms with E-state index in [1.807, 2.05) is 0 Å². The number of hydrogen-bond acceptors (Lipinski definition) is 7. The fraction of sp³-hybridized carbons (Fsp3) is 0.632. The van der Waals surface area contributed by atoms with Gasteiger partial charge in [-0.05, 0) is 57.5 Å². The number of amides is 1. The molecule has 2 atom stereocenters. The van der Waals surface area contributed by atoms with Gasteiger partial charge in [0.15, 0.2) is 11.5 Å². The van der Waals surface area contributed by atoms with Crippen LogP contribution in [0.2, 0.25) is 0 Å². The minimum atomic E-state index is -1.25. The number of aliphatic hydroxyl groups is 1. The van der Waals surface area contributed by atoms with Crippen LogP contribution < -0.4 is 9.47 Å². The molecule has 0 spiro atoms. The van der Waals surface area contributed by atoms with Gasteiger partial charge < -0.3 is 29.2 Å². The molecule has 1 amide bonds. The maximum Gasteiger partial charge on any atom is 0.413 e. The van der Waals surface area contributed by atoms with E-state index in [-0.39, 0.29) is 24.7 Å². The Morgan fingerprint density at radius 2 is 1.93 bits per heavy atom. The summed E-state index contributed by atoms with van der Waals surface area (Å²) in [6.07, 6.45) is -1.86. The minimum absolute atomic E-state index is 0.0252. The largest absolute Gasteiger partial charge is 0.507 e. The molecular formula is C19H26BrNO7. The highest BCUT2D eigenvalue weighted by Crippen LogP contribution is 2.52. The number of carbonyl (C=O) groups excluding carboxylic acids is 1. The number of ether oxygens (including phenoxy) is 4. The molecule has 8 nitrogen and oxygen atoms in total. The zero-order valence-corrected chi connectivity index (χ0v) is 18.4. The van der Waals surface area contributed by atoms with Crippen molar-refractivity contribution in [2.75, 3.05) is 13.4 Å². The normalized spacial score (nSPS) is 21.7. The van der Waals surface area contributed by atoms with E-state index in [0.717, 1.165) is 0 Å². The van der Waals surface area contributed by atoms with Gasteiger partial charge in [-0.15, -0.1) is 0 Å². The Labute approximate surface area is 172 Å². The molecule has 9 heteroatoms. The van der Waals surface area contributed by atoms with Crippen molar-refractivity contribution < 1.29 is 34.0 Å². The number of aromatic hydroxyl groups is 1. The number of benzene rings is 1. The number of aliphatic hydroxyl groups excluding tert-OH is 1. The van der Waals surface area contributed by atoms with Crippen LogP contribution in [0.4, 0.5) is 4.79 Å². The van der Waals surface area contributed by atoms with Gasteiger partial charge in [-0.25, -0.2) is 4.79 Å². The molecule has 156 valence electrons. The Morgan fingerprint density at radius 1 is 1.32 bits per heavy atom. The second-order valence-corrected chi connectivity index (χ2v) is 9.18. The summed E-state index contributed by atoms with van der Waals surface area (Å²) < 4.78 is 22.5. The first-order valence-corrected chi connectivity index (χ1v) is 9.79. The maximum absolute atomic E-state index is 12.8. The van der Waals surface area contributed by atoms with Crippen LogP contribution in [0, 0.1) is 6.92 Å². The SMILES string of the molecule is Cc1c(O)c([C@H](O)[C@H]2COC(C)(C)N2C(=O)OC(C)(C)C)c(Br)c2c1OCO2. The Balaban J connectivity index is 2.01. The second kappa shape index (κ2) is 6.96. The maximum atomic E-state index is 12.8. The second-order valence-electron chi connectivity index (χ2n) is 8.39. The number of rotatable bonds is 2. The Hall–Kier alpha value is -1.71. The van der Waals surface area contributed by atoms with Crippen molar-refractivity contribution in [2.24, 2.45) is 0 Å². The summed E-state index contributed by atoms with van der Waals surface area (Å²) >= 11 is 3.40. The molecule has 2 heterocycles. The quantitative estimate of drug-likeness (QED) is 0.696. The fourth-order valence-corrected chi connectivity index (χ4v) is 4.17. The van der Waals surface area contributed by atoms with E-state index in [1.54, 1.807) is 41.5 Å². The average Bonchev–Trinajstić information content (AvgIpc) is 3.15. The van der Waals surface area contributed by atoms with Gasteiger partial charge in [-0.2, -0.15) is 0 Å². The molecular weight excluding hydrogens is 434 g/mol. The fourth-order valence-electron chi connectivity index (χ4n) is 3.45. The number of hydrogen-bond donors (Lipinski definition) is 2. The molecule has 0 saturated carbocycles. The van der Waals surface area contributed by atoms with Crippen LogP contribution in [0.15, 0.2) is 4.47 Å². The van der Waals surface area contributed by atoms with Gasteiger partial charge in [0.05, 0.1) is 17.1 Å². The first-order chi connectivity index (χ1) is 12.8. The predicted molar refractivity (Wildman–Crippen MR) is 104 cm³/mol. The summed E-state index contributed by atoms with van der Waals surface area (Å²) in [6.45, 7) is 10.5. The van der Waals surface area contributed by atoms with E-state index in [1.165, 1.54) is 4.90 Å². The van der Waals surface area contributed by atoms with Crippen molar-refractivity contribution in [3.05, 3.63) is 15.6 Å². The Morgan fingerprint density at radius 3 is 2.54 bits per heavy atom. The van der Waals surface area contributed by atoms with Crippen molar-refractivity contribution in [1.82, 2.24) is 4.90 Å². The monoisotopic (exact) mass is 459 g/mol. The van der Waals surface area contributed by atoms with Gasteiger partial charge in [0, 0.05) is 11.1 Å². The summed E-state index contributed by atoms with van der Waals surface area (Å²) in [6, 6.07) is -0.771. The number of phenols is 1. The van der Waals surface area contributed by atoms with Gasteiger partial charge in [0.1, 0.15) is 23.2 Å². The van der Waals surface area contributed by atoms with Crippen molar-refractivity contribution in [3.63, 3.8) is 0 Å². The van der Waals surface area contributed by atoms with Gasteiger partial charge in [-0.3, -0.25) is 4.90 Å². The lowest BCUT2D eigenvalue weighted by atomic mass is 9.97. The molecule has 2 aliphatic rings. The molecule has 1 saturated heterocycles. The number of halogens is 1. The van der Waals surface area contributed by atoms with Crippen molar-refractivity contribution >= 4 is 22.0 Å². The van der Waals surface area contributed by atoms with Crippen molar-refractivity contribution in [2.45, 2.75) is 65.0 Å². The van der Waals surface area contributed by atoms with E-state index in [2.05, 4.69) is 15.9 Å². The zero-order valence-electron chi connectivity index (χ0n) is 16.8. The van der Waals surface area contributed by atoms with Gasteiger partial charge in [0.25, 0.3) is 0 Å². The molecule has 3 rings (SSSR count). The number of nitrogens with zero attached hydrogens (tertiary/aromatic N) is 1. The smallest absolute Gasteiger partial charge is 0.413 e. The highest BCUT2D eigenvalue weighted by molar-refractivity contribution is 9.10. The summed E-state index contributed by atoms with van der Waals surface area (Å²) in [7, 11) is 0. The van der Waals surface area contributed by atoms with Gasteiger partial charge in [-0.1, -0.05) is 0 Å². The molecule has 2 aliphatic heterocycles. The molecule has 0 aromatic heterocycles. The number of fused-ring (bicyclic) bond motifs is 1. The third-order valence-corrected chi connectivity index (χ3v) is 5.56. The first kappa shape index (κ1) is 21.0.